The van der Waals surface area contributed by atoms with Gasteiger partial charge in [0.05, 0.1) is 20.3 Å². The normalized spacial score (nSPS) is 11.7. The first-order valence-corrected chi connectivity index (χ1v) is 11.2. The second-order valence-electron chi connectivity index (χ2n) is 8.05. The molecule has 4 rings (SSSR count). The Morgan fingerprint density at radius 3 is 2.24 bits per heavy atom. The Morgan fingerprint density at radius 2 is 1.55 bits per heavy atom. The lowest BCUT2D eigenvalue weighted by atomic mass is 9.95. The van der Waals surface area contributed by atoms with Crippen LogP contribution in [0.2, 0.25) is 0 Å². The summed E-state index contributed by atoms with van der Waals surface area (Å²) in [4.78, 5) is 13.3. The highest BCUT2D eigenvalue weighted by Crippen LogP contribution is 2.33. The molecule has 0 amide bonds. The van der Waals surface area contributed by atoms with Crippen molar-refractivity contribution in [2.45, 2.75) is 25.8 Å². The average Bonchev–Trinajstić information content (AvgIpc) is 2.87. The molecule has 0 fully saturated rings. The lowest BCUT2D eigenvalue weighted by molar-refractivity contribution is 0.0976. The fraction of sp³-hybridized carbons (Fsp3) is 0.207. The van der Waals surface area contributed by atoms with Crippen molar-refractivity contribution in [3.8, 4) is 11.5 Å². The van der Waals surface area contributed by atoms with Gasteiger partial charge in [0.15, 0.2) is 17.3 Å². The lowest BCUT2D eigenvalue weighted by Gasteiger charge is -2.21. The van der Waals surface area contributed by atoms with E-state index in [1.165, 1.54) is 5.56 Å². The van der Waals surface area contributed by atoms with Crippen molar-refractivity contribution in [2.24, 2.45) is 0 Å². The van der Waals surface area contributed by atoms with Crippen LogP contribution in [0.3, 0.4) is 0 Å². The molecule has 0 radical (unpaired) electrons. The van der Waals surface area contributed by atoms with Crippen LogP contribution in [0.1, 0.15) is 40.9 Å². The molecule has 0 spiro atoms. The number of ether oxygens (including phenoxy) is 2. The zero-order valence-electron chi connectivity index (χ0n) is 19.3. The zero-order valence-corrected chi connectivity index (χ0v) is 19.3. The molecule has 0 aliphatic rings. The summed E-state index contributed by atoms with van der Waals surface area (Å²) >= 11 is 0. The molecule has 0 heterocycles. The minimum absolute atomic E-state index is 0.0817. The van der Waals surface area contributed by atoms with Gasteiger partial charge in [-0.15, -0.1) is 0 Å². The molecular formula is C29H29NO3. The maximum atomic E-state index is 13.3. The van der Waals surface area contributed by atoms with Gasteiger partial charge >= 0.3 is 0 Å². The summed E-state index contributed by atoms with van der Waals surface area (Å²) in [5.41, 5.74) is 3.91. The van der Waals surface area contributed by atoms with Gasteiger partial charge in [0.2, 0.25) is 0 Å². The Balaban J connectivity index is 1.65. The van der Waals surface area contributed by atoms with Crippen molar-refractivity contribution in [3.05, 3.63) is 102 Å². The van der Waals surface area contributed by atoms with E-state index in [-0.39, 0.29) is 11.8 Å². The van der Waals surface area contributed by atoms with Crippen LogP contribution in [0.15, 0.2) is 84.9 Å². The van der Waals surface area contributed by atoms with Crippen LogP contribution < -0.4 is 14.8 Å². The molecule has 0 saturated carbocycles. The molecule has 0 bridgehead atoms. The molecule has 168 valence electrons. The van der Waals surface area contributed by atoms with Crippen molar-refractivity contribution in [2.75, 3.05) is 19.5 Å². The number of hydrogen-bond donors (Lipinski definition) is 1. The van der Waals surface area contributed by atoms with Crippen LogP contribution in [0.5, 0.6) is 11.5 Å². The third-order valence-electron chi connectivity index (χ3n) is 5.97. The number of benzene rings is 4. The van der Waals surface area contributed by atoms with Gasteiger partial charge in [-0.3, -0.25) is 4.79 Å². The summed E-state index contributed by atoms with van der Waals surface area (Å²) < 4.78 is 10.9. The van der Waals surface area contributed by atoms with Gasteiger partial charge in [-0.25, -0.2) is 0 Å². The highest BCUT2D eigenvalue weighted by Gasteiger charge is 2.20. The first-order valence-electron chi connectivity index (χ1n) is 11.2. The number of nitrogens with one attached hydrogen (secondary N) is 1. The van der Waals surface area contributed by atoms with E-state index in [1.807, 2.05) is 54.6 Å². The molecule has 33 heavy (non-hydrogen) atoms. The summed E-state index contributed by atoms with van der Waals surface area (Å²) in [7, 11) is 3.24. The van der Waals surface area contributed by atoms with Gasteiger partial charge in [0, 0.05) is 17.7 Å². The van der Waals surface area contributed by atoms with Gasteiger partial charge in [-0.05, 0) is 58.7 Å². The fourth-order valence-electron chi connectivity index (χ4n) is 4.03. The maximum Gasteiger partial charge on any atom is 0.165 e. The number of methoxy groups -OCH3 is 2. The van der Waals surface area contributed by atoms with E-state index in [0.29, 0.717) is 23.5 Å². The zero-order chi connectivity index (χ0) is 23.2. The van der Waals surface area contributed by atoms with Crippen molar-refractivity contribution in [1.82, 2.24) is 0 Å². The molecule has 0 aliphatic heterocycles. The van der Waals surface area contributed by atoms with Gasteiger partial charge in [-0.2, -0.15) is 0 Å². The molecule has 0 saturated heterocycles. The van der Waals surface area contributed by atoms with Crippen LogP contribution >= 0.6 is 0 Å². The minimum atomic E-state index is -0.226. The maximum absolute atomic E-state index is 13.3. The van der Waals surface area contributed by atoms with Gasteiger partial charge in [0.25, 0.3) is 0 Å². The number of hydrogen-bond acceptors (Lipinski definition) is 4. The molecule has 1 atom stereocenters. The number of carbonyl (C=O) groups is 1. The van der Waals surface area contributed by atoms with Crippen molar-refractivity contribution in [3.63, 3.8) is 0 Å². The molecule has 4 heteroatoms. The highest BCUT2D eigenvalue weighted by molar-refractivity contribution is 6.00. The van der Waals surface area contributed by atoms with E-state index in [9.17, 15) is 4.79 Å². The first kappa shape index (κ1) is 22.4. The summed E-state index contributed by atoms with van der Waals surface area (Å²) in [5, 5.41) is 5.74. The van der Waals surface area contributed by atoms with Crippen molar-refractivity contribution >= 4 is 22.2 Å². The van der Waals surface area contributed by atoms with Gasteiger partial charge in [-0.1, -0.05) is 61.5 Å². The summed E-state index contributed by atoms with van der Waals surface area (Å²) in [6.45, 7) is 2.14. The number of fused-ring (bicyclic) bond motifs is 1. The molecule has 1 unspecified atom stereocenters. The minimum Gasteiger partial charge on any atom is -0.493 e. The Bertz CT molecular complexity index is 1250. The van der Waals surface area contributed by atoms with E-state index in [2.05, 4.69) is 42.6 Å². The second-order valence-corrected chi connectivity index (χ2v) is 8.05. The van der Waals surface area contributed by atoms with Gasteiger partial charge in [0.1, 0.15) is 0 Å². The Kier molecular flexibility index (Phi) is 6.94. The third-order valence-corrected chi connectivity index (χ3v) is 5.97. The molecule has 1 N–H and O–H groups in total. The molecule has 4 aromatic rings. The van der Waals surface area contributed by atoms with Gasteiger partial charge < -0.3 is 14.8 Å². The van der Waals surface area contributed by atoms with E-state index in [0.717, 1.165) is 28.4 Å². The molecule has 4 aromatic carbocycles. The van der Waals surface area contributed by atoms with Crippen LogP contribution in [0, 0.1) is 0 Å². The second kappa shape index (κ2) is 10.2. The summed E-state index contributed by atoms with van der Waals surface area (Å²) in [6, 6.07) is 27.9. The smallest absolute Gasteiger partial charge is 0.165 e. The SMILES string of the molecule is CCc1ccc(NC(CC(=O)c2ccc3ccccc3c2)c2ccc(OC)c(OC)c2)cc1. The van der Waals surface area contributed by atoms with E-state index in [1.54, 1.807) is 14.2 Å². The third kappa shape index (κ3) is 5.17. The van der Waals surface area contributed by atoms with E-state index < -0.39 is 0 Å². The van der Waals surface area contributed by atoms with E-state index >= 15 is 0 Å². The van der Waals surface area contributed by atoms with Crippen molar-refractivity contribution in [1.29, 1.82) is 0 Å². The molecular weight excluding hydrogens is 410 g/mol. The molecule has 0 aliphatic carbocycles. The highest BCUT2D eigenvalue weighted by atomic mass is 16.5. The van der Waals surface area contributed by atoms with E-state index in [4.69, 9.17) is 9.47 Å². The standard InChI is InChI=1S/C29H29NO3/c1-4-20-9-14-25(15-10-20)30-26(23-13-16-28(32-2)29(18-23)33-3)19-27(31)24-12-11-21-7-5-6-8-22(21)17-24/h5-18,26,30H,4,19H2,1-3H3. The predicted molar refractivity (Wildman–Crippen MR) is 135 cm³/mol. The topological polar surface area (TPSA) is 47.6 Å². The number of ketones is 1. The van der Waals surface area contributed by atoms with Crippen LogP contribution in [-0.4, -0.2) is 20.0 Å². The number of carbonyl (C=O) groups excluding carboxylic acids is 1. The molecule has 0 aromatic heterocycles. The monoisotopic (exact) mass is 439 g/mol. The predicted octanol–water partition coefficient (Wildman–Crippen LogP) is 6.85. The largest absolute Gasteiger partial charge is 0.493 e. The van der Waals surface area contributed by atoms with Crippen molar-refractivity contribution < 1.29 is 14.3 Å². The average molecular weight is 440 g/mol. The number of Topliss-reactive ketones (excluding diaryl/α,β-unsaturated/α-hetero) is 1. The summed E-state index contributed by atoms with van der Waals surface area (Å²) in [6.07, 6.45) is 1.29. The number of aryl methyl sites for hydroxylation is 1. The Labute approximate surface area is 195 Å². The lowest BCUT2D eigenvalue weighted by Crippen LogP contribution is -2.16. The Hall–Kier alpha value is -3.79. The number of anilines is 1. The Morgan fingerprint density at radius 1 is 0.818 bits per heavy atom. The quantitative estimate of drug-likeness (QED) is 0.290. The van der Waals surface area contributed by atoms with Crippen LogP contribution in [-0.2, 0) is 6.42 Å². The number of rotatable bonds is 9. The molecule has 4 nitrogen and oxygen atoms in total. The summed E-state index contributed by atoms with van der Waals surface area (Å²) in [5.74, 6) is 1.38. The van der Waals surface area contributed by atoms with Crippen LogP contribution in [0.4, 0.5) is 5.69 Å². The fourth-order valence-corrected chi connectivity index (χ4v) is 4.03. The first-order chi connectivity index (χ1) is 16.1. The van der Waals surface area contributed by atoms with Crippen LogP contribution in [0.25, 0.3) is 10.8 Å².